The third-order valence-electron chi connectivity index (χ3n) is 2.31. The number of hydrogen-bond donors (Lipinski definition) is 1. The second-order valence-electron chi connectivity index (χ2n) is 3.40. The van der Waals surface area contributed by atoms with E-state index < -0.39 is 0 Å². The summed E-state index contributed by atoms with van der Waals surface area (Å²) < 4.78 is 0. The molecule has 1 unspecified atom stereocenters. The molecule has 0 bridgehead atoms. The maximum absolute atomic E-state index is 11.7. The Labute approximate surface area is 79.5 Å². The van der Waals surface area contributed by atoms with Crippen molar-refractivity contribution in [3.05, 3.63) is 0 Å². The Balaban J connectivity index is 2.41. The molecule has 0 aromatic rings. The molecule has 3 nitrogen and oxygen atoms in total. The van der Waals surface area contributed by atoms with Gasteiger partial charge in [-0.2, -0.15) is 0 Å². The van der Waals surface area contributed by atoms with Crippen LogP contribution in [-0.2, 0) is 4.79 Å². The van der Waals surface area contributed by atoms with Crippen molar-refractivity contribution in [3.8, 4) is 12.3 Å². The van der Waals surface area contributed by atoms with Gasteiger partial charge in [-0.1, -0.05) is 12.3 Å². The van der Waals surface area contributed by atoms with Gasteiger partial charge in [-0.05, 0) is 19.4 Å². The molecule has 1 saturated heterocycles. The number of hydrogen-bond acceptors (Lipinski definition) is 2. The SMILES string of the molecule is C#CCN(C)C(=O)C1CCCCN1. The van der Waals surface area contributed by atoms with Crippen molar-refractivity contribution < 1.29 is 4.79 Å². The van der Waals surface area contributed by atoms with E-state index in [2.05, 4.69) is 11.2 Å². The number of nitrogens with one attached hydrogen (secondary N) is 1. The summed E-state index contributed by atoms with van der Waals surface area (Å²) >= 11 is 0. The minimum atomic E-state index is -0.00731. The molecular formula is C10H16N2O. The van der Waals surface area contributed by atoms with E-state index in [0.717, 1.165) is 19.4 Å². The number of carbonyl (C=O) groups excluding carboxylic acids is 1. The van der Waals surface area contributed by atoms with E-state index in [4.69, 9.17) is 6.42 Å². The van der Waals surface area contributed by atoms with Crippen LogP contribution >= 0.6 is 0 Å². The number of amides is 1. The maximum Gasteiger partial charge on any atom is 0.240 e. The Morgan fingerprint density at radius 3 is 3.00 bits per heavy atom. The summed E-state index contributed by atoms with van der Waals surface area (Å²) in [5.41, 5.74) is 0. The average molecular weight is 180 g/mol. The number of piperidine rings is 1. The zero-order chi connectivity index (χ0) is 9.68. The molecular weight excluding hydrogens is 164 g/mol. The van der Waals surface area contributed by atoms with Crippen LogP contribution in [0.3, 0.4) is 0 Å². The van der Waals surface area contributed by atoms with E-state index in [1.807, 2.05) is 0 Å². The van der Waals surface area contributed by atoms with Gasteiger partial charge >= 0.3 is 0 Å². The molecule has 0 saturated carbocycles. The highest BCUT2D eigenvalue weighted by molar-refractivity contribution is 5.81. The molecule has 0 aromatic heterocycles. The van der Waals surface area contributed by atoms with Gasteiger partial charge in [0.1, 0.15) is 0 Å². The highest BCUT2D eigenvalue weighted by Crippen LogP contribution is 2.08. The van der Waals surface area contributed by atoms with Crippen molar-refractivity contribution >= 4 is 5.91 Å². The minimum absolute atomic E-state index is 0.00731. The largest absolute Gasteiger partial charge is 0.333 e. The summed E-state index contributed by atoms with van der Waals surface area (Å²) in [6.45, 7) is 1.34. The fraction of sp³-hybridized carbons (Fsp3) is 0.700. The van der Waals surface area contributed by atoms with Crippen LogP contribution in [0.1, 0.15) is 19.3 Å². The van der Waals surface area contributed by atoms with Crippen molar-refractivity contribution in [3.63, 3.8) is 0 Å². The van der Waals surface area contributed by atoms with Crippen LogP contribution in [0.2, 0.25) is 0 Å². The highest BCUT2D eigenvalue weighted by atomic mass is 16.2. The van der Waals surface area contributed by atoms with Crippen LogP contribution in [0.4, 0.5) is 0 Å². The van der Waals surface area contributed by atoms with E-state index in [1.54, 1.807) is 11.9 Å². The molecule has 0 spiro atoms. The van der Waals surface area contributed by atoms with Crippen LogP contribution in [0.15, 0.2) is 0 Å². The molecule has 13 heavy (non-hydrogen) atoms. The first kappa shape index (κ1) is 10.1. The van der Waals surface area contributed by atoms with Crippen LogP contribution in [-0.4, -0.2) is 37.0 Å². The Kier molecular flexibility index (Phi) is 3.78. The molecule has 0 aromatic carbocycles. The molecule has 1 heterocycles. The van der Waals surface area contributed by atoms with E-state index in [9.17, 15) is 4.79 Å². The van der Waals surface area contributed by atoms with Crippen molar-refractivity contribution in [1.82, 2.24) is 10.2 Å². The lowest BCUT2D eigenvalue weighted by atomic mass is 10.0. The van der Waals surface area contributed by atoms with E-state index in [0.29, 0.717) is 6.54 Å². The third-order valence-corrected chi connectivity index (χ3v) is 2.31. The Morgan fingerprint density at radius 2 is 2.46 bits per heavy atom. The predicted molar refractivity (Wildman–Crippen MR) is 52.1 cm³/mol. The summed E-state index contributed by atoms with van der Waals surface area (Å²) in [6, 6.07) is -0.00731. The lowest BCUT2D eigenvalue weighted by molar-refractivity contribution is -0.132. The van der Waals surface area contributed by atoms with Crippen LogP contribution in [0.25, 0.3) is 0 Å². The number of carbonyl (C=O) groups is 1. The standard InChI is InChI=1S/C10H16N2O/c1-3-8-12(2)10(13)9-6-4-5-7-11-9/h1,9,11H,4-8H2,2H3. The molecule has 72 valence electrons. The van der Waals surface area contributed by atoms with Gasteiger partial charge < -0.3 is 10.2 Å². The number of terminal acetylenes is 1. The van der Waals surface area contributed by atoms with Crippen LogP contribution in [0, 0.1) is 12.3 Å². The lowest BCUT2D eigenvalue weighted by Gasteiger charge is -2.26. The zero-order valence-corrected chi connectivity index (χ0v) is 8.05. The van der Waals surface area contributed by atoms with E-state index in [1.165, 1.54) is 6.42 Å². The van der Waals surface area contributed by atoms with Crippen molar-refractivity contribution in [2.75, 3.05) is 20.1 Å². The number of likely N-dealkylation sites (N-methyl/N-ethyl adjacent to an activating group) is 1. The fourth-order valence-electron chi connectivity index (χ4n) is 1.54. The second-order valence-corrected chi connectivity index (χ2v) is 3.40. The summed E-state index contributed by atoms with van der Waals surface area (Å²) in [7, 11) is 1.75. The van der Waals surface area contributed by atoms with Crippen molar-refractivity contribution in [2.24, 2.45) is 0 Å². The fourth-order valence-corrected chi connectivity index (χ4v) is 1.54. The van der Waals surface area contributed by atoms with Gasteiger partial charge in [0, 0.05) is 7.05 Å². The van der Waals surface area contributed by atoms with Crippen molar-refractivity contribution in [2.45, 2.75) is 25.3 Å². The maximum atomic E-state index is 11.7. The highest BCUT2D eigenvalue weighted by Gasteiger charge is 2.22. The van der Waals surface area contributed by atoms with Gasteiger partial charge in [0.2, 0.25) is 5.91 Å². The third kappa shape index (κ3) is 2.74. The van der Waals surface area contributed by atoms with Gasteiger partial charge in [-0.3, -0.25) is 4.79 Å². The van der Waals surface area contributed by atoms with Gasteiger partial charge in [0.25, 0.3) is 0 Å². The molecule has 0 radical (unpaired) electrons. The predicted octanol–water partition coefficient (Wildman–Crippen LogP) is 0.220. The van der Waals surface area contributed by atoms with Gasteiger partial charge in [0.15, 0.2) is 0 Å². The normalized spacial score (nSPS) is 22.0. The topological polar surface area (TPSA) is 32.3 Å². The summed E-state index contributed by atoms with van der Waals surface area (Å²) in [4.78, 5) is 13.3. The monoisotopic (exact) mass is 180 g/mol. The van der Waals surface area contributed by atoms with E-state index >= 15 is 0 Å². The molecule has 1 aliphatic rings. The van der Waals surface area contributed by atoms with Crippen LogP contribution < -0.4 is 5.32 Å². The first-order valence-corrected chi connectivity index (χ1v) is 4.67. The summed E-state index contributed by atoms with van der Waals surface area (Å²) in [6.07, 6.45) is 8.37. The first-order valence-electron chi connectivity index (χ1n) is 4.67. The van der Waals surface area contributed by atoms with Crippen molar-refractivity contribution in [1.29, 1.82) is 0 Å². The first-order chi connectivity index (χ1) is 6.25. The Hall–Kier alpha value is -1.01. The van der Waals surface area contributed by atoms with Gasteiger partial charge in [0.05, 0.1) is 12.6 Å². The minimum Gasteiger partial charge on any atom is -0.333 e. The zero-order valence-electron chi connectivity index (χ0n) is 8.05. The molecule has 0 aliphatic carbocycles. The number of rotatable bonds is 2. The molecule has 1 amide bonds. The van der Waals surface area contributed by atoms with Gasteiger partial charge in [-0.15, -0.1) is 6.42 Å². The smallest absolute Gasteiger partial charge is 0.240 e. The molecule has 1 atom stereocenters. The summed E-state index contributed by atoms with van der Waals surface area (Å²) in [5, 5.41) is 3.20. The lowest BCUT2D eigenvalue weighted by Crippen LogP contribution is -2.47. The molecule has 1 aliphatic heterocycles. The molecule has 1 fully saturated rings. The second kappa shape index (κ2) is 4.88. The van der Waals surface area contributed by atoms with E-state index in [-0.39, 0.29) is 11.9 Å². The summed E-state index contributed by atoms with van der Waals surface area (Å²) in [5.74, 6) is 2.59. The Morgan fingerprint density at radius 1 is 1.69 bits per heavy atom. The Bertz CT molecular complexity index is 213. The number of nitrogens with zero attached hydrogens (tertiary/aromatic N) is 1. The molecule has 1 rings (SSSR count). The average Bonchev–Trinajstić information content (AvgIpc) is 2.18. The quantitative estimate of drug-likeness (QED) is 0.617. The molecule has 1 N–H and O–H groups in total. The van der Waals surface area contributed by atoms with Gasteiger partial charge in [-0.25, -0.2) is 0 Å². The van der Waals surface area contributed by atoms with Crippen LogP contribution in [0.5, 0.6) is 0 Å². The molecule has 3 heteroatoms.